The van der Waals surface area contributed by atoms with Gasteiger partial charge in [-0.2, -0.15) is 0 Å². The standard InChI is InChI=1S/C14H18N2O2S2/c1-10(15-8-13-9-16-11(2)19-13)12-4-6-14(7-5-12)20(3,17)18/h4-7,9-10,15H,8H2,1-3H3. The normalized spacial score (nSPS) is 13.3. The lowest BCUT2D eigenvalue weighted by Gasteiger charge is -2.13. The zero-order valence-corrected chi connectivity index (χ0v) is 13.4. The third-order valence-corrected chi connectivity index (χ3v) is 5.10. The number of aryl methyl sites for hydroxylation is 1. The first kappa shape index (κ1) is 15.2. The predicted molar refractivity (Wildman–Crippen MR) is 81.7 cm³/mol. The summed E-state index contributed by atoms with van der Waals surface area (Å²) in [4.78, 5) is 5.77. The van der Waals surface area contributed by atoms with E-state index in [1.54, 1.807) is 23.5 Å². The molecule has 0 bridgehead atoms. The van der Waals surface area contributed by atoms with E-state index in [1.165, 1.54) is 11.1 Å². The molecular formula is C14H18N2O2S2. The van der Waals surface area contributed by atoms with E-state index < -0.39 is 9.84 Å². The van der Waals surface area contributed by atoms with Gasteiger partial charge in [-0.05, 0) is 31.5 Å². The smallest absolute Gasteiger partial charge is 0.175 e. The molecule has 20 heavy (non-hydrogen) atoms. The predicted octanol–water partition coefficient (Wildman–Crippen LogP) is 2.71. The Hall–Kier alpha value is -1.24. The van der Waals surface area contributed by atoms with Gasteiger partial charge in [-0.3, -0.25) is 0 Å². The van der Waals surface area contributed by atoms with Crippen molar-refractivity contribution in [3.8, 4) is 0 Å². The Kier molecular flexibility index (Phi) is 4.57. The number of hydrogen-bond acceptors (Lipinski definition) is 5. The second-order valence-corrected chi connectivity index (χ2v) is 8.12. The van der Waals surface area contributed by atoms with Crippen molar-refractivity contribution in [2.45, 2.75) is 31.3 Å². The molecule has 4 nitrogen and oxygen atoms in total. The number of sulfone groups is 1. The van der Waals surface area contributed by atoms with Gasteiger partial charge in [0.05, 0.1) is 9.90 Å². The Bertz CT molecular complexity index is 675. The molecule has 1 aromatic heterocycles. The first-order valence-electron chi connectivity index (χ1n) is 6.31. The van der Waals surface area contributed by atoms with Gasteiger partial charge in [0.1, 0.15) is 0 Å². The Balaban J connectivity index is 2.00. The summed E-state index contributed by atoms with van der Waals surface area (Å²) in [5, 5.41) is 4.47. The molecule has 0 amide bonds. The average Bonchev–Trinajstić information content (AvgIpc) is 2.81. The Morgan fingerprint density at radius 2 is 1.95 bits per heavy atom. The van der Waals surface area contributed by atoms with Crippen LogP contribution >= 0.6 is 11.3 Å². The van der Waals surface area contributed by atoms with Crippen LogP contribution in [0.25, 0.3) is 0 Å². The highest BCUT2D eigenvalue weighted by Crippen LogP contribution is 2.18. The molecule has 0 aliphatic heterocycles. The summed E-state index contributed by atoms with van der Waals surface area (Å²) < 4.78 is 22.8. The molecule has 0 aliphatic rings. The number of aromatic nitrogens is 1. The van der Waals surface area contributed by atoms with Crippen molar-refractivity contribution in [1.29, 1.82) is 0 Å². The molecule has 1 aromatic carbocycles. The van der Waals surface area contributed by atoms with Gasteiger partial charge < -0.3 is 5.32 Å². The van der Waals surface area contributed by atoms with Crippen LogP contribution in [0.15, 0.2) is 35.4 Å². The minimum Gasteiger partial charge on any atom is -0.305 e. The van der Waals surface area contributed by atoms with Gasteiger partial charge in [0, 0.05) is 29.9 Å². The molecule has 0 radical (unpaired) electrons. The summed E-state index contributed by atoms with van der Waals surface area (Å²) in [6.45, 7) is 4.81. The van der Waals surface area contributed by atoms with Crippen LogP contribution < -0.4 is 5.32 Å². The number of benzene rings is 1. The van der Waals surface area contributed by atoms with Gasteiger partial charge >= 0.3 is 0 Å². The van der Waals surface area contributed by atoms with E-state index in [2.05, 4.69) is 17.2 Å². The number of rotatable bonds is 5. The van der Waals surface area contributed by atoms with Gasteiger partial charge in [-0.25, -0.2) is 13.4 Å². The molecule has 0 saturated carbocycles. The third kappa shape index (κ3) is 3.88. The fourth-order valence-corrected chi connectivity index (χ4v) is 3.24. The molecule has 1 heterocycles. The monoisotopic (exact) mass is 310 g/mol. The molecule has 2 rings (SSSR count). The van der Waals surface area contributed by atoms with E-state index in [1.807, 2.05) is 25.3 Å². The SMILES string of the molecule is Cc1ncc(CNC(C)c2ccc(S(C)(=O)=O)cc2)s1. The maximum Gasteiger partial charge on any atom is 0.175 e. The summed E-state index contributed by atoms with van der Waals surface area (Å²) in [5.41, 5.74) is 1.07. The van der Waals surface area contributed by atoms with Crippen molar-refractivity contribution in [3.05, 3.63) is 45.9 Å². The largest absolute Gasteiger partial charge is 0.305 e. The van der Waals surface area contributed by atoms with Gasteiger partial charge in [0.25, 0.3) is 0 Å². The van der Waals surface area contributed by atoms with Crippen LogP contribution in [0.2, 0.25) is 0 Å². The van der Waals surface area contributed by atoms with E-state index in [4.69, 9.17) is 0 Å². The van der Waals surface area contributed by atoms with Gasteiger partial charge in [-0.1, -0.05) is 12.1 Å². The molecular weight excluding hydrogens is 292 g/mol. The summed E-state index contributed by atoms with van der Waals surface area (Å²) in [7, 11) is -3.12. The number of hydrogen-bond donors (Lipinski definition) is 1. The molecule has 1 N–H and O–H groups in total. The lowest BCUT2D eigenvalue weighted by Crippen LogP contribution is -2.17. The molecule has 0 aliphatic carbocycles. The van der Waals surface area contributed by atoms with E-state index in [0.29, 0.717) is 4.90 Å². The minimum atomic E-state index is -3.12. The second kappa shape index (κ2) is 6.03. The van der Waals surface area contributed by atoms with E-state index in [-0.39, 0.29) is 6.04 Å². The van der Waals surface area contributed by atoms with Crippen LogP contribution in [0.3, 0.4) is 0 Å². The van der Waals surface area contributed by atoms with Gasteiger partial charge in [-0.15, -0.1) is 11.3 Å². The van der Waals surface area contributed by atoms with E-state index in [9.17, 15) is 8.42 Å². The summed E-state index contributed by atoms with van der Waals surface area (Å²) in [5.74, 6) is 0. The molecule has 1 unspecified atom stereocenters. The first-order valence-corrected chi connectivity index (χ1v) is 9.02. The molecule has 108 valence electrons. The lowest BCUT2D eigenvalue weighted by atomic mass is 10.1. The molecule has 6 heteroatoms. The van der Waals surface area contributed by atoms with E-state index in [0.717, 1.165) is 17.1 Å². The topological polar surface area (TPSA) is 59.1 Å². The second-order valence-electron chi connectivity index (χ2n) is 4.79. The Labute approximate surface area is 123 Å². The molecule has 0 saturated heterocycles. The van der Waals surface area contributed by atoms with Gasteiger partial charge in [0.2, 0.25) is 0 Å². The van der Waals surface area contributed by atoms with Gasteiger partial charge in [0.15, 0.2) is 9.84 Å². The van der Waals surface area contributed by atoms with E-state index >= 15 is 0 Å². The van der Waals surface area contributed by atoms with Crippen LogP contribution in [0.5, 0.6) is 0 Å². The highest BCUT2D eigenvalue weighted by atomic mass is 32.2. The molecule has 0 fully saturated rings. The van der Waals surface area contributed by atoms with Crippen LogP contribution in [0.4, 0.5) is 0 Å². The Morgan fingerprint density at radius 1 is 1.30 bits per heavy atom. The maximum atomic E-state index is 11.4. The van der Waals surface area contributed by atoms with Crippen LogP contribution in [-0.2, 0) is 16.4 Å². The van der Waals surface area contributed by atoms with Crippen LogP contribution in [0, 0.1) is 6.92 Å². The van der Waals surface area contributed by atoms with Crippen molar-refractivity contribution in [2.24, 2.45) is 0 Å². The molecule has 1 atom stereocenters. The van der Waals surface area contributed by atoms with Crippen molar-refractivity contribution < 1.29 is 8.42 Å². The zero-order valence-electron chi connectivity index (χ0n) is 11.8. The highest BCUT2D eigenvalue weighted by Gasteiger charge is 2.09. The minimum absolute atomic E-state index is 0.158. The fourth-order valence-electron chi connectivity index (χ4n) is 1.86. The number of nitrogens with one attached hydrogen (secondary N) is 1. The fraction of sp³-hybridized carbons (Fsp3) is 0.357. The number of thiazole rings is 1. The number of nitrogens with zero attached hydrogens (tertiary/aromatic N) is 1. The highest BCUT2D eigenvalue weighted by molar-refractivity contribution is 7.90. The molecule has 2 aromatic rings. The summed E-state index contributed by atoms with van der Waals surface area (Å²) >= 11 is 1.68. The maximum absolute atomic E-state index is 11.4. The summed E-state index contributed by atoms with van der Waals surface area (Å²) in [6, 6.07) is 7.17. The summed E-state index contributed by atoms with van der Waals surface area (Å²) in [6.07, 6.45) is 3.10. The third-order valence-electron chi connectivity index (χ3n) is 3.06. The van der Waals surface area contributed by atoms with Crippen LogP contribution in [0.1, 0.15) is 28.4 Å². The first-order chi connectivity index (χ1) is 9.36. The lowest BCUT2D eigenvalue weighted by molar-refractivity contribution is 0.577. The molecule has 0 spiro atoms. The quantitative estimate of drug-likeness (QED) is 0.922. The van der Waals surface area contributed by atoms with Crippen molar-refractivity contribution in [3.63, 3.8) is 0 Å². The average molecular weight is 310 g/mol. The van der Waals surface area contributed by atoms with Crippen molar-refractivity contribution in [2.75, 3.05) is 6.26 Å². The van der Waals surface area contributed by atoms with Crippen LogP contribution in [-0.4, -0.2) is 19.7 Å². The Morgan fingerprint density at radius 3 is 2.45 bits per heavy atom. The van der Waals surface area contributed by atoms with Crippen molar-refractivity contribution >= 4 is 21.2 Å². The van der Waals surface area contributed by atoms with Crippen molar-refractivity contribution in [1.82, 2.24) is 10.3 Å². The zero-order chi connectivity index (χ0) is 14.8.